The molecule has 1 aromatic rings. The normalized spacial score (nSPS) is 20.6. The minimum atomic E-state index is 0.194. The fraction of sp³-hybridized carbons (Fsp3) is 0.462. The first-order valence-corrected chi connectivity index (χ1v) is 6.09. The van der Waals surface area contributed by atoms with Crippen LogP contribution in [0.1, 0.15) is 17.5 Å². The zero-order valence-corrected chi connectivity index (χ0v) is 10.4. The SMILES string of the molecule is Cc1cccc(N2CC(CCl)CC2=O)c1C. The molecule has 2 rings (SSSR count). The van der Waals surface area contributed by atoms with Crippen molar-refractivity contribution in [3.05, 3.63) is 29.3 Å². The zero-order valence-electron chi connectivity index (χ0n) is 9.66. The molecule has 3 heteroatoms. The minimum Gasteiger partial charge on any atom is -0.312 e. The molecular formula is C13H16ClNO. The van der Waals surface area contributed by atoms with Crippen LogP contribution in [-0.4, -0.2) is 18.3 Å². The molecule has 0 N–H and O–H groups in total. The van der Waals surface area contributed by atoms with E-state index >= 15 is 0 Å². The molecule has 1 aliphatic rings. The van der Waals surface area contributed by atoms with Crippen molar-refractivity contribution in [3.8, 4) is 0 Å². The zero-order chi connectivity index (χ0) is 11.7. The number of carbonyl (C=O) groups is 1. The maximum absolute atomic E-state index is 11.9. The van der Waals surface area contributed by atoms with Crippen LogP contribution in [0.15, 0.2) is 18.2 Å². The molecule has 86 valence electrons. The summed E-state index contributed by atoms with van der Waals surface area (Å²) in [7, 11) is 0. The molecule has 0 aliphatic carbocycles. The molecule has 0 radical (unpaired) electrons. The van der Waals surface area contributed by atoms with Crippen LogP contribution in [0, 0.1) is 19.8 Å². The van der Waals surface area contributed by atoms with Crippen molar-refractivity contribution in [2.24, 2.45) is 5.92 Å². The number of halogens is 1. The summed E-state index contributed by atoms with van der Waals surface area (Å²) in [6.07, 6.45) is 0.580. The smallest absolute Gasteiger partial charge is 0.227 e. The first-order valence-electron chi connectivity index (χ1n) is 5.56. The standard InChI is InChI=1S/C13H16ClNO/c1-9-4-3-5-12(10(9)2)15-8-11(7-14)6-13(15)16/h3-5,11H,6-8H2,1-2H3. The average Bonchev–Trinajstić information content (AvgIpc) is 2.64. The van der Waals surface area contributed by atoms with Crippen LogP contribution >= 0.6 is 11.6 Å². The Balaban J connectivity index is 2.31. The number of nitrogens with zero attached hydrogens (tertiary/aromatic N) is 1. The van der Waals surface area contributed by atoms with E-state index in [-0.39, 0.29) is 5.91 Å². The second-order valence-corrected chi connectivity index (χ2v) is 4.76. The predicted molar refractivity (Wildman–Crippen MR) is 67.1 cm³/mol. The Kier molecular flexibility index (Phi) is 3.20. The molecule has 1 aromatic carbocycles. The number of amides is 1. The van der Waals surface area contributed by atoms with Gasteiger partial charge >= 0.3 is 0 Å². The van der Waals surface area contributed by atoms with Crippen LogP contribution in [0.2, 0.25) is 0 Å². The minimum absolute atomic E-state index is 0.194. The summed E-state index contributed by atoms with van der Waals surface area (Å²) < 4.78 is 0. The molecule has 16 heavy (non-hydrogen) atoms. The lowest BCUT2D eigenvalue weighted by molar-refractivity contribution is -0.117. The Hall–Kier alpha value is -1.02. The van der Waals surface area contributed by atoms with Gasteiger partial charge in [-0.05, 0) is 37.0 Å². The molecule has 1 amide bonds. The summed E-state index contributed by atoms with van der Waals surface area (Å²) in [5.41, 5.74) is 3.45. The van der Waals surface area contributed by atoms with Gasteiger partial charge in [0.25, 0.3) is 0 Å². The lowest BCUT2D eigenvalue weighted by atomic mass is 10.1. The molecule has 0 aromatic heterocycles. The van der Waals surface area contributed by atoms with Gasteiger partial charge in [-0.25, -0.2) is 0 Å². The average molecular weight is 238 g/mol. The summed E-state index contributed by atoms with van der Waals surface area (Å²) in [5, 5.41) is 0. The van der Waals surface area contributed by atoms with Gasteiger partial charge in [0.15, 0.2) is 0 Å². The maximum atomic E-state index is 11.9. The third-order valence-corrected chi connectivity index (χ3v) is 3.73. The van der Waals surface area contributed by atoms with Gasteiger partial charge < -0.3 is 4.90 Å². The topological polar surface area (TPSA) is 20.3 Å². The summed E-state index contributed by atoms with van der Waals surface area (Å²) in [6, 6.07) is 6.08. The van der Waals surface area contributed by atoms with E-state index in [0.717, 1.165) is 12.2 Å². The summed E-state index contributed by atoms with van der Waals surface area (Å²) in [4.78, 5) is 13.7. The summed E-state index contributed by atoms with van der Waals surface area (Å²) in [5.74, 6) is 1.06. The number of benzene rings is 1. The van der Waals surface area contributed by atoms with Crippen molar-refractivity contribution in [1.29, 1.82) is 0 Å². The van der Waals surface area contributed by atoms with Crippen molar-refractivity contribution in [1.82, 2.24) is 0 Å². The molecule has 0 bridgehead atoms. The van der Waals surface area contributed by atoms with Gasteiger partial charge in [-0.3, -0.25) is 4.79 Å². The number of hydrogen-bond donors (Lipinski definition) is 0. The van der Waals surface area contributed by atoms with E-state index in [1.54, 1.807) is 0 Å². The van der Waals surface area contributed by atoms with Gasteiger partial charge in [0, 0.05) is 24.5 Å². The van der Waals surface area contributed by atoms with E-state index in [0.29, 0.717) is 18.2 Å². The van der Waals surface area contributed by atoms with Crippen LogP contribution in [0.4, 0.5) is 5.69 Å². The Labute approximate surface area is 101 Å². The molecule has 1 saturated heterocycles. The van der Waals surface area contributed by atoms with Crippen molar-refractivity contribution >= 4 is 23.2 Å². The predicted octanol–water partition coefficient (Wildman–Crippen LogP) is 2.90. The van der Waals surface area contributed by atoms with Crippen LogP contribution in [0.25, 0.3) is 0 Å². The lowest BCUT2D eigenvalue weighted by Crippen LogP contribution is -2.25. The van der Waals surface area contributed by atoms with Gasteiger partial charge in [-0.1, -0.05) is 12.1 Å². The number of hydrogen-bond acceptors (Lipinski definition) is 1. The number of anilines is 1. The fourth-order valence-electron chi connectivity index (χ4n) is 2.15. The Morgan fingerprint density at radius 1 is 1.44 bits per heavy atom. The van der Waals surface area contributed by atoms with Crippen LogP contribution in [-0.2, 0) is 4.79 Å². The van der Waals surface area contributed by atoms with Crippen LogP contribution in [0.5, 0.6) is 0 Å². The molecule has 2 nitrogen and oxygen atoms in total. The maximum Gasteiger partial charge on any atom is 0.227 e. The van der Waals surface area contributed by atoms with Gasteiger partial charge in [-0.15, -0.1) is 11.6 Å². The van der Waals surface area contributed by atoms with Gasteiger partial charge in [0.05, 0.1) is 0 Å². The number of alkyl halides is 1. The van der Waals surface area contributed by atoms with Gasteiger partial charge in [0.1, 0.15) is 0 Å². The molecule has 1 unspecified atom stereocenters. The van der Waals surface area contributed by atoms with Gasteiger partial charge in [-0.2, -0.15) is 0 Å². The highest BCUT2D eigenvalue weighted by atomic mass is 35.5. The lowest BCUT2D eigenvalue weighted by Gasteiger charge is -2.20. The molecule has 0 spiro atoms. The number of carbonyl (C=O) groups excluding carboxylic acids is 1. The highest BCUT2D eigenvalue weighted by molar-refractivity contribution is 6.18. The molecule has 1 aliphatic heterocycles. The molecule has 1 atom stereocenters. The Morgan fingerprint density at radius 3 is 2.81 bits per heavy atom. The molecule has 1 heterocycles. The second kappa shape index (κ2) is 4.46. The summed E-state index contributed by atoms with van der Waals surface area (Å²) >= 11 is 5.82. The van der Waals surface area contributed by atoms with E-state index in [2.05, 4.69) is 19.9 Å². The third kappa shape index (κ3) is 1.94. The van der Waals surface area contributed by atoms with Crippen molar-refractivity contribution in [2.45, 2.75) is 20.3 Å². The van der Waals surface area contributed by atoms with Crippen LogP contribution < -0.4 is 4.90 Å². The van der Waals surface area contributed by atoms with Crippen molar-refractivity contribution in [2.75, 3.05) is 17.3 Å². The largest absolute Gasteiger partial charge is 0.312 e. The first kappa shape index (κ1) is 11.5. The molecular weight excluding hydrogens is 222 g/mol. The number of rotatable bonds is 2. The fourth-order valence-corrected chi connectivity index (χ4v) is 2.35. The molecule has 0 saturated carbocycles. The van der Waals surface area contributed by atoms with E-state index in [9.17, 15) is 4.79 Å². The van der Waals surface area contributed by atoms with E-state index < -0.39 is 0 Å². The van der Waals surface area contributed by atoms with E-state index in [1.807, 2.05) is 17.0 Å². The van der Waals surface area contributed by atoms with E-state index in [4.69, 9.17) is 11.6 Å². The highest BCUT2D eigenvalue weighted by Gasteiger charge is 2.30. The second-order valence-electron chi connectivity index (χ2n) is 4.45. The highest BCUT2D eigenvalue weighted by Crippen LogP contribution is 2.29. The monoisotopic (exact) mass is 237 g/mol. The quantitative estimate of drug-likeness (QED) is 0.725. The number of aryl methyl sites for hydroxylation is 1. The van der Waals surface area contributed by atoms with Crippen molar-refractivity contribution in [3.63, 3.8) is 0 Å². The summed E-state index contributed by atoms with van der Waals surface area (Å²) in [6.45, 7) is 4.89. The van der Waals surface area contributed by atoms with Crippen LogP contribution in [0.3, 0.4) is 0 Å². The molecule has 1 fully saturated rings. The first-order chi connectivity index (χ1) is 7.63. The Bertz CT molecular complexity index is 416. The van der Waals surface area contributed by atoms with E-state index in [1.165, 1.54) is 11.1 Å². The Morgan fingerprint density at radius 2 is 2.19 bits per heavy atom. The van der Waals surface area contributed by atoms with Gasteiger partial charge in [0.2, 0.25) is 5.91 Å². The third-order valence-electron chi connectivity index (χ3n) is 3.29. The van der Waals surface area contributed by atoms with Crippen molar-refractivity contribution < 1.29 is 4.79 Å².